The van der Waals surface area contributed by atoms with Crippen molar-refractivity contribution in [2.24, 2.45) is 5.92 Å². The smallest absolute Gasteiger partial charge is 0.312 e. The molecule has 1 saturated carbocycles. The molecule has 4 heterocycles. The van der Waals surface area contributed by atoms with Crippen molar-refractivity contribution >= 4 is 22.9 Å². The molecule has 0 saturated heterocycles. The van der Waals surface area contributed by atoms with Gasteiger partial charge in [-0.05, 0) is 43.4 Å². The Kier molecular flexibility index (Phi) is 5.91. The summed E-state index contributed by atoms with van der Waals surface area (Å²) >= 11 is 1.28. The number of aliphatic hydroxyl groups is 1. The fourth-order valence-electron chi connectivity index (χ4n) is 4.69. The summed E-state index contributed by atoms with van der Waals surface area (Å²) in [4.78, 5) is 26.9. The molecule has 3 aromatic rings. The van der Waals surface area contributed by atoms with Gasteiger partial charge in [0.25, 0.3) is 0 Å². The molecule has 1 aliphatic heterocycles. The number of aromatic nitrogens is 3. The van der Waals surface area contributed by atoms with Gasteiger partial charge in [-0.3, -0.25) is 9.78 Å². The minimum Gasteiger partial charge on any atom is -0.393 e. The fraction of sp³-hybridized carbons (Fsp3) is 0.417. The first-order valence-electron chi connectivity index (χ1n) is 11.1. The number of nitrogens with zero attached hydrogens (tertiary/aromatic N) is 3. The highest BCUT2D eigenvalue weighted by molar-refractivity contribution is 7.14. The lowest BCUT2D eigenvalue weighted by molar-refractivity contribution is -0.119. The Bertz CT molecular complexity index is 1220. The second-order valence-electron chi connectivity index (χ2n) is 8.93. The van der Waals surface area contributed by atoms with E-state index in [1.807, 2.05) is 13.8 Å². The van der Waals surface area contributed by atoms with Crippen LogP contribution in [0.4, 0.5) is 14.6 Å². The summed E-state index contributed by atoms with van der Waals surface area (Å²) in [7, 11) is 0. The van der Waals surface area contributed by atoms with E-state index < -0.39 is 18.6 Å². The second kappa shape index (κ2) is 8.75. The number of ether oxygens (including phenoxy) is 1. The van der Waals surface area contributed by atoms with E-state index in [4.69, 9.17) is 4.74 Å². The Balaban J connectivity index is 1.44. The SMILES string of the molecule is Cc1sc(C(=O)c2cncnc2N[C@@H]2C[C@@H](C)[C@H](O)C2)cc1[C@@H]1OCC(F)(F)c2ncccc21. The highest BCUT2D eigenvalue weighted by Crippen LogP contribution is 2.44. The van der Waals surface area contributed by atoms with Gasteiger partial charge in [-0.2, -0.15) is 8.78 Å². The molecule has 178 valence electrons. The molecule has 10 heteroatoms. The molecule has 0 aromatic carbocycles. The Hall–Kier alpha value is -2.82. The normalized spacial score (nSPS) is 25.7. The van der Waals surface area contributed by atoms with Crippen molar-refractivity contribution in [2.45, 2.75) is 50.9 Å². The zero-order valence-electron chi connectivity index (χ0n) is 18.7. The first kappa shape index (κ1) is 22.9. The van der Waals surface area contributed by atoms with Crippen molar-refractivity contribution in [3.05, 3.63) is 69.1 Å². The number of carbonyl (C=O) groups is 1. The van der Waals surface area contributed by atoms with Crippen molar-refractivity contribution in [2.75, 3.05) is 11.9 Å². The first-order valence-corrected chi connectivity index (χ1v) is 11.9. The number of ketones is 1. The summed E-state index contributed by atoms with van der Waals surface area (Å²) in [5, 5.41) is 13.3. The van der Waals surface area contributed by atoms with Crippen molar-refractivity contribution < 1.29 is 23.4 Å². The minimum absolute atomic E-state index is 0.00777. The van der Waals surface area contributed by atoms with E-state index in [0.29, 0.717) is 33.8 Å². The number of halogens is 2. The fourth-order valence-corrected chi connectivity index (χ4v) is 5.69. The monoisotopic (exact) mass is 486 g/mol. The third-order valence-electron chi connectivity index (χ3n) is 6.50. The molecule has 4 atom stereocenters. The van der Waals surface area contributed by atoms with Crippen LogP contribution in [0.2, 0.25) is 0 Å². The molecule has 0 amide bonds. The molecule has 0 spiro atoms. The lowest BCUT2D eigenvalue weighted by Gasteiger charge is -2.30. The quantitative estimate of drug-likeness (QED) is 0.520. The Morgan fingerprint density at radius 3 is 2.88 bits per heavy atom. The number of hydrogen-bond donors (Lipinski definition) is 2. The van der Waals surface area contributed by atoms with E-state index in [9.17, 15) is 18.7 Å². The molecular weight excluding hydrogens is 462 g/mol. The molecule has 1 fully saturated rings. The van der Waals surface area contributed by atoms with Gasteiger partial charge >= 0.3 is 5.92 Å². The summed E-state index contributed by atoms with van der Waals surface area (Å²) in [6.45, 7) is 3.06. The summed E-state index contributed by atoms with van der Waals surface area (Å²) in [6, 6.07) is 4.90. The average molecular weight is 487 g/mol. The zero-order chi connectivity index (χ0) is 24.0. The van der Waals surface area contributed by atoms with Crippen LogP contribution in [-0.4, -0.2) is 44.6 Å². The second-order valence-corrected chi connectivity index (χ2v) is 10.2. The number of aryl methyl sites for hydroxylation is 1. The predicted molar refractivity (Wildman–Crippen MR) is 122 cm³/mol. The molecule has 2 aliphatic rings. The van der Waals surface area contributed by atoms with Gasteiger partial charge in [-0.25, -0.2) is 9.97 Å². The summed E-state index contributed by atoms with van der Waals surface area (Å²) in [6.07, 6.45) is 4.43. The van der Waals surface area contributed by atoms with Crippen LogP contribution in [0, 0.1) is 12.8 Å². The van der Waals surface area contributed by atoms with Crippen LogP contribution in [0.25, 0.3) is 0 Å². The molecule has 5 rings (SSSR count). The van der Waals surface area contributed by atoms with Crippen LogP contribution in [-0.2, 0) is 10.7 Å². The summed E-state index contributed by atoms with van der Waals surface area (Å²) in [5.74, 6) is -2.84. The van der Waals surface area contributed by atoms with Crippen molar-refractivity contribution in [3.8, 4) is 0 Å². The highest BCUT2D eigenvalue weighted by Gasteiger charge is 2.44. The summed E-state index contributed by atoms with van der Waals surface area (Å²) < 4.78 is 34.2. The number of thiophene rings is 1. The zero-order valence-corrected chi connectivity index (χ0v) is 19.5. The molecule has 1 aliphatic carbocycles. The third kappa shape index (κ3) is 4.10. The van der Waals surface area contributed by atoms with Gasteiger partial charge in [0.2, 0.25) is 5.78 Å². The van der Waals surface area contributed by atoms with Crippen molar-refractivity contribution in [1.82, 2.24) is 15.0 Å². The van der Waals surface area contributed by atoms with Crippen LogP contribution in [0.5, 0.6) is 0 Å². The molecule has 2 N–H and O–H groups in total. The number of aliphatic hydroxyl groups excluding tert-OH is 1. The highest BCUT2D eigenvalue weighted by atomic mass is 32.1. The van der Waals surface area contributed by atoms with Gasteiger partial charge < -0.3 is 15.2 Å². The van der Waals surface area contributed by atoms with Gasteiger partial charge in [0.1, 0.15) is 30.5 Å². The Morgan fingerprint density at radius 2 is 2.12 bits per heavy atom. The van der Waals surface area contributed by atoms with E-state index >= 15 is 0 Å². The number of hydrogen-bond acceptors (Lipinski definition) is 8. The van der Waals surface area contributed by atoms with E-state index in [0.717, 1.165) is 11.3 Å². The lowest BCUT2D eigenvalue weighted by Crippen LogP contribution is -2.32. The minimum atomic E-state index is -3.16. The van der Waals surface area contributed by atoms with Gasteiger partial charge in [0.15, 0.2) is 0 Å². The van der Waals surface area contributed by atoms with E-state index in [1.54, 1.807) is 18.2 Å². The average Bonchev–Trinajstić information content (AvgIpc) is 3.35. The number of rotatable bonds is 5. The van der Waals surface area contributed by atoms with Crippen LogP contribution < -0.4 is 5.32 Å². The van der Waals surface area contributed by atoms with Gasteiger partial charge in [0.05, 0.1) is 16.5 Å². The maximum absolute atomic E-state index is 14.3. The molecule has 0 radical (unpaired) electrons. The van der Waals surface area contributed by atoms with Crippen LogP contribution in [0.3, 0.4) is 0 Å². The molecule has 0 bridgehead atoms. The molecule has 0 unspecified atom stereocenters. The predicted octanol–water partition coefficient (Wildman–Crippen LogP) is 4.26. The van der Waals surface area contributed by atoms with Gasteiger partial charge in [-0.1, -0.05) is 13.0 Å². The van der Waals surface area contributed by atoms with E-state index in [-0.39, 0.29) is 29.5 Å². The Morgan fingerprint density at radius 1 is 1.29 bits per heavy atom. The number of carbonyl (C=O) groups excluding carboxylic acids is 1. The largest absolute Gasteiger partial charge is 0.393 e. The number of anilines is 1. The van der Waals surface area contributed by atoms with Gasteiger partial charge in [-0.15, -0.1) is 11.3 Å². The molecular formula is C24H24F2N4O3S. The molecule has 34 heavy (non-hydrogen) atoms. The van der Waals surface area contributed by atoms with Gasteiger partial charge in [0, 0.05) is 28.9 Å². The van der Waals surface area contributed by atoms with Crippen LogP contribution in [0.1, 0.15) is 62.8 Å². The topological polar surface area (TPSA) is 97.2 Å². The molecule has 3 aromatic heterocycles. The third-order valence-corrected chi connectivity index (χ3v) is 7.56. The first-order chi connectivity index (χ1) is 16.2. The number of alkyl halides is 2. The standard InChI is InChI=1S/C24H24F2N4O3S/c1-12-6-14(7-18(12)31)30-23-17(9-27-11-29-23)20(32)19-8-16(13(2)34-19)21-15-4-3-5-28-22(15)24(25,26)10-33-21/h3-5,8-9,11-12,14,18,21,31H,6-7,10H2,1-2H3,(H,27,29,30)/t12-,14-,18-,21-/m1/s1. The van der Waals surface area contributed by atoms with E-state index in [2.05, 4.69) is 20.3 Å². The number of pyridine rings is 1. The van der Waals surface area contributed by atoms with E-state index in [1.165, 1.54) is 30.1 Å². The summed E-state index contributed by atoms with van der Waals surface area (Å²) in [5.41, 5.74) is 0.998. The molecule has 7 nitrogen and oxygen atoms in total. The van der Waals surface area contributed by atoms with Crippen molar-refractivity contribution in [3.63, 3.8) is 0 Å². The maximum atomic E-state index is 14.3. The Labute approximate surface area is 199 Å². The lowest BCUT2D eigenvalue weighted by atomic mass is 9.95. The van der Waals surface area contributed by atoms with Crippen LogP contribution >= 0.6 is 11.3 Å². The number of nitrogens with one attached hydrogen (secondary N) is 1. The maximum Gasteiger partial charge on any atom is 0.312 e. The van der Waals surface area contributed by atoms with Crippen molar-refractivity contribution in [1.29, 1.82) is 0 Å². The van der Waals surface area contributed by atoms with Crippen LogP contribution in [0.15, 0.2) is 36.9 Å². The number of fused-ring (bicyclic) bond motifs is 1.